The number of hydrogen-bond donors (Lipinski definition) is 2. The average molecular weight is 248 g/mol. The van der Waals surface area contributed by atoms with E-state index in [1.165, 1.54) is 12.8 Å². The third kappa shape index (κ3) is 3.27. The second kappa shape index (κ2) is 5.93. The second-order valence-corrected chi connectivity index (χ2v) is 4.97. The number of nitrogens with one attached hydrogen (secondary N) is 1. The van der Waals surface area contributed by atoms with Gasteiger partial charge in [0.2, 0.25) is 0 Å². The summed E-state index contributed by atoms with van der Waals surface area (Å²) >= 11 is 0. The Morgan fingerprint density at radius 1 is 1.61 bits per heavy atom. The molecule has 0 saturated carbocycles. The van der Waals surface area contributed by atoms with E-state index in [0.29, 0.717) is 5.69 Å². The highest BCUT2D eigenvalue weighted by Crippen LogP contribution is 2.17. The number of pyridine rings is 1. The summed E-state index contributed by atoms with van der Waals surface area (Å²) < 4.78 is 0. The fourth-order valence-corrected chi connectivity index (χ4v) is 2.43. The van der Waals surface area contributed by atoms with Crippen LogP contribution in [0.15, 0.2) is 18.2 Å². The molecule has 3 N–H and O–H groups in total. The van der Waals surface area contributed by atoms with Gasteiger partial charge >= 0.3 is 0 Å². The van der Waals surface area contributed by atoms with Crippen molar-refractivity contribution >= 4 is 5.91 Å². The first-order chi connectivity index (χ1) is 8.69. The quantitative estimate of drug-likeness (QED) is 0.474. The molecule has 0 aliphatic carbocycles. The summed E-state index contributed by atoms with van der Waals surface area (Å²) in [5, 5.41) is 0. The van der Waals surface area contributed by atoms with Crippen LogP contribution in [-0.2, 0) is 6.54 Å². The van der Waals surface area contributed by atoms with Gasteiger partial charge in [-0.2, -0.15) is 0 Å². The fraction of sp³-hybridized carbons (Fsp3) is 0.538. The van der Waals surface area contributed by atoms with Crippen LogP contribution in [0.5, 0.6) is 0 Å². The summed E-state index contributed by atoms with van der Waals surface area (Å²) in [6.45, 7) is 5.29. The minimum Gasteiger partial charge on any atom is -0.297 e. The first kappa shape index (κ1) is 13.0. The van der Waals surface area contributed by atoms with Crippen molar-refractivity contribution in [2.24, 2.45) is 11.8 Å². The molecule has 1 aliphatic rings. The van der Waals surface area contributed by atoms with Crippen LogP contribution in [0.3, 0.4) is 0 Å². The molecule has 5 nitrogen and oxygen atoms in total. The lowest BCUT2D eigenvalue weighted by molar-refractivity contribution is 0.0948. The third-order valence-corrected chi connectivity index (χ3v) is 3.30. The zero-order valence-corrected chi connectivity index (χ0v) is 10.7. The Morgan fingerprint density at radius 2 is 2.44 bits per heavy atom. The third-order valence-electron chi connectivity index (χ3n) is 3.30. The van der Waals surface area contributed by atoms with Gasteiger partial charge in [-0.3, -0.25) is 15.1 Å². The van der Waals surface area contributed by atoms with Crippen LogP contribution in [0, 0.1) is 5.92 Å². The van der Waals surface area contributed by atoms with E-state index in [4.69, 9.17) is 5.84 Å². The van der Waals surface area contributed by atoms with Crippen LogP contribution in [0.25, 0.3) is 0 Å². The Kier molecular flexibility index (Phi) is 4.28. The van der Waals surface area contributed by atoms with Crippen molar-refractivity contribution in [2.75, 3.05) is 13.1 Å². The Hall–Kier alpha value is -1.46. The Labute approximate surface area is 107 Å². The number of nitrogen functional groups attached to an aromatic ring is 1. The number of piperidine rings is 1. The SMILES string of the molecule is CC1CCCN(Cc2cccc(C(=O)NN)n2)C1. The largest absolute Gasteiger partial charge is 0.297 e. The minimum atomic E-state index is -0.344. The Bertz CT molecular complexity index is 421. The molecule has 2 rings (SSSR count). The average Bonchev–Trinajstić information content (AvgIpc) is 2.38. The van der Waals surface area contributed by atoms with E-state index in [1.54, 1.807) is 6.07 Å². The zero-order valence-electron chi connectivity index (χ0n) is 10.7. The van der Waals surface area contributed by atoms with Crippen molar-refractivity contribution in [1.82, 2.24) is 15.3 Å². The second-order valence-electron chi connectivity index (χ2n) is 4.97. The van der Waals surface area contributed by atoms with Gasteiger partial charge < -0.3 is 0 Å². The van der Waals surface area contributed by atoms with Crippen LogP contribution in [0.4, 0.5) is 0 Å². The summed E-state index contributed by atoms with van der Waals surface area (Å²) in [5.74, 6) is 5.51. The Morgan fingerprint density at radius 3 is 3.17 bits per heavy atom. The lowest BCUT2D eigenvalue weighted by atomic mass is 10.0. The molecule has 1 amide bonds. The van der Waals surface area contributed by atoms with E-state index >= 15 is 0 Å². The molecule has 1 aromatic rings. The molecule has 98 valence electrons. The van der Waals surface area contributed by atoms with Crippen LogP contribution in [-0.4, -0.2) is 28.9 Å². The lowest BCUT2D eigenvalue weighted by Gasteiger charge is -2.30. The number of aromatic nitrogens is 1. The van der Waals surface area contributed by atoms with Gasteiger partial charge in [-0.05, 0) is 37.4 Å². The van der Waals surface area contributed by atoms with Crippen molar-refractivity contribution in [1.29, 1.82) is 0 Å². The molecule has 0 radical (unpaired) electrons. The topological polar surface area (TPSA) is 71.2 Å². The number of nitrogens with zero attached hydrogens (tertiary/aromatic N) is 2. The predicted octanol–water partition coefficient (Wildman–Crippen LogP) is 0.917. The number of carbonyl (C=O) groups excluding carboxylic acids is 1. The maximum absolute atomic E-state index is 11.4. The van der Waals surface area contributed by atoms with E-state index < -0.39 is 0 Å². The molecule has 1 atom stereocenters. The number of likely N-dealkylation sites (tertiary alicyclic amines) is 1. The minimum absolute atomic E-state index is 0.344. The molecule has 0 spiro atoms. The molecule has 2 heterocycles. The van der Waals surface area contributed by atoms with Gasteiger partial charge in [0.25, 0.3) is 5.91 Å². The maximum Gasteiger partial charge on any atom is 0.283 e. The first-order valence-corrected chi connectivity index (χ1v) is 6.38. The summed E-state index contributed by atoms with van der Waals surface area (Å²) in [7, 11) is 0. The van der Waals surface area contributed by atoms with Crippen LogP contribution in [0.2, 0.25) is 0 Å². The lowest BCUT2D eigenvalue weighted by Crippen LogP contribution is -2.34. The number of amides is 1. The van der Waals surface area contributed by atoms with Crippen LogP contribution >= 0.6 is 0 Å². The van der Waals surface area contributed by atoms with E-state index in [2.05, 4.69) is 22.2 Å². The molecule has 1 aromatic heterocycles. The van der Waals surface area contributed by atoms with Crippen LogP contribution < -0.4 is 11.3 Å². The highest BCUT2D eigenvalue weighted by molar-refractivity contribution is 5.91. The van der Waals surface area contributed by atoms with E-state index in [9.17, 15) is 4.79 Å². The highest BCUT2D eigenvalue weighted by Gasteiger charge is 2.17. The van der Waals surface area contributed by atoms with Gasteiger partial charge in [-0.15, -0.1) is 0 Å². The highest BCUT2D eigenvalue weighted by atomic mass is 16.2. The fourth-order valence-electron chi connectivity index (χ4n) is 2.43. The van der Waals surface area contributed by atoms with E-state index in [0.717, 1.165) is 31.2 Å². The summed E-state index contributed by atoms with van der Waals surface area (Å²) in [6, 6.07) is 5.47. The Balaban J connectivity index is 2.02. The molecule has 1 fully saturated rings. The van der Waals surface area contributed by atoms with Gasteiger partial charge in [-0.25, -0.2) is 10.8 Å². The number of nitrogens with two attached hydrogens (primary N) is 1. The van der Waals surface area contributed by atoms with Gasteiger partial charge in [0.05, 0.1) is 5.69 Å². The van der Waals surface area contributed by atoms with Crippen LogP contribution in [0.1, 0.15) is 35.9 Å². The van der Waals surface area contributed by atoms with Gasteiger partial charge in [0, 0.05) is 13.1 Å². The molecule has 18 heavy (non-hydrogen) atoms. The maximum atomic E-state index is 11.4. The molecule has 1 aliphatic heterocycles. The molecular formula is C13H20N4O. The number of hydrazine groups is 1. The molecule has 0 aromatic carbocycles. The summed E-state index contributed by atoms with van der Waals surface area (Å²) in [6.07, 6.45) is 2.55. The standard InChI is InChI=1S/C13H20N4O/c1-10-4-3-7-17(8-10)9-11-5-2-6-12(15-11)13(18)16-14/h2,5-6,10H,3-4,7-9,14H2,1H3,(H,16,18). The van der Waals surface area contributed by atoms with Crippen molar-refractivity contribution in [2.45, 2.75) is 26.3 Å². The number of hydrogen-bond acceptors (Lipinski definition) is 4. The summed E-state index contributed by atoms with van der Waals surface area (Å²) in [5.41, 5.74) is 3.40. The van der Waals surface area contributed by atoms with E-state index in [-0.39, 0.29) is 5.91 Å². The van der Waals surface area contributed by atoms with Gasteiger partial charge in [0.15, 0.2) is 0 Å². The molecule has 1 unspecified atom stereocenters. The van der Waals surface area contributed by atoms with Crippen molar-refractivity contribution in [3.05, 3.63) is 29.6 Å². The first-order valence-electron chi connectivity index (χ1n) is 6.38. The molecule has 0 bridgehead atoms. The van der Waals surface area contributed by atoms with Gasteiger partial charge in [0.1, 0.15) is 5.69 Å². The van der Waals surface area contributed by atoms with Crippen molar-refractivity contribution < 1.29 is 4.79 Å². The zero-order chi connectivity index (χ0) is 13.0. The van der Waals surface area contributed by atoms with Gasteiger partial charge in [-0.1, -0.05) is 13.0 Å². The summed E-state index contributed by atoms with van der Waals surface area (Å²) in [4.78, 5) is 18.1. The van der Waals surface area contributed by atoms with E-state index in [1.807, 2.05) is 12.1 Å². The molecule has 5 heteroatoms. The number of rotatable bonds is 3. The monoisotopic (exact) mass is 248 g/mol. The predicted molar refractivity (Wildman–Crippen MR) is 69.6 cm³/mol. The van der Waals surface area contributed by atoms with Crippen molar-refractivity contribution in [3.63, 3.8) is 0 Å². The molecule has 1 saturated heterocycles. The normalized spacial score (nSPS) is 20.7. The smallest absolute Gasteiger partial charge is 0.283 e. The van der Waals surface area contributed by atoms with Crippen molar-refractivity contribution in [3.8, 4) is 0 Å². The molecular weight excluding hydrogens is 228 g/mol. The number of carbonyl (C=O) groups is 1.